The fourth-order valence-corrected chi connectivity index (χ4v) is 7.09. The lowest BCUT2D eigenvalue weighted by Crippen LogP contribution is -2.48. The van der Waals surface area contributed by atoms with Crippen LogP contribution in [0.25, 0.3) is 0 Å². The number of hydrogen-bond acceptors (Lipinski definition) is 6. The molecule has 1 aliphatic heterocycles. The number of esters is 1. The van der Waals surface area contributed by atoms with Crippen molar-refractivity contribution in [3.8, 4) is 0 Å². The zero-order valence-electron chi connectivity index (χ0n) is 15.1. The highest BCUT2D eigenvalue weighted by atomic mass is 79.9. The molecule has 1 aromatic rings. The van der Waals surface area contributed by atoms with Crippen LogP contribution in [0.2, 0.25) is 0 Å². The Morgan fingerprint density at radius 2 is 2.07 bits per heavy atom. The molecule has 3 rings (SSSR count). The van der Waals surface area contributed by atoms with Crippen molar-refractivity contribution in [2.45, 2.75) is 36.7 Å². The monoisotopic (exact) mass is 476 g/mol. The third-order valence-corrected chi connectivity index (χ3v) is 8.61. The molecule has 10 heteroatoms. The van der Waals surface area contributed by atoms with Crippen molar-refractivity contribution in [3.63, 3.8) is 0 Å². The van der Waals surface area contributed by atoms with Crippen LogP contribution in [0.4, 0.5) is 0 Å². The summed E-state index contributed by atoms with van der Waals surface area (Å²) < 4.78 is 32.8. The molecular weight excluding hydrogens is 456 g/mol. The van der Waals surface area contributed by atoms with Crippen LogP contribution in [0.15, 0.2) is 27.6 Å². The maximum atomic E-state index is 13.2. The molecule has 7 nitrogen and oxygen atoms in total. The summed E-state index contributed by atoms with van der Waals surface area (Å²) in [5.74, 6) is -0.0138. The summed E-state index contributed by atoms with van der Waals surface area (Å²) >= 11 is 4.67. The molecule has 27 heavy (non-hydrogen) atoms. The zero-order valence-corrected chi connectivity index (χ0v) is 18.3. The van der Waals surface area contributed by atoms with Crippen molar-refractivity contribution in [2.24, 2.45) is 0 Å². The van der Waals surface area contributed by atoms with Gasteiger partial charge in [0.05, 0.1) is 22.9 Å². The van der Waals surface area contributed by atoms with Crippen molar-refractivity contribution in [2.75, 3.05) is 25.3 Å². The van der Waals surface area contributed by atoms with Gasteiger partial charge in [0.2, 0.25) is 15.9 Å². The Morgan fingerprint density at radius 3 is 2.67 bits per heavy atom. The number of rotatable bonds is 6. The third kappa shape index (κ3) is 4.18. The van der Waals surface area contributed by atoms with Gasteiger partial charge in [0, 0.05) is 23.3 Å². The van der Waals surface area contributed by atoms with Crippen LogP contribution < -0.4 is 0 Å². The maximum Gasteiger partial charge on any atom is 0.338 e. The van der Waals surface area contributed by atoms with E-state index in [0.717, 1.165) is 12.8 Å². The molecule has 0 radical (unpaired) electrons. The highest BCUT2D eigenvalue weighted by Crippen LogP contribution is 2.34. The third-order valence-electron chi connectivity index (χ3n) is 4.60. The Bertz CT molecular complexity index is 857. The number of benzene rings is 1. The summed E-state index contributed by atoms with van der Waals surface area (Å²) in [5, 5.41) is 0. The van der Waals surface area contributed by atoms with Gasteiger partial charge in [-0.15, -0.1) is 11.8 Å². The van der Waals surface area contributed by atoms with E-state index in [2.05, 4.69) is 15.9 Å². The Labute approximate surface area is 171 Å². The minimum absolute atomic E-state index is 0.0323. The number of carbonyl (C=O) groups is 2. The Balaban J connectivity index is 1.86. The van der Waals surface area contributed by atoms with E-state index < -0.39 is 22.0 Å². The second-order valence-corrected chi connectivity index (χ2v) is 10.2. The topological polar surface area (TPSA) is 84.0 Å². The summed E-state index contributed by atoms with van der Waals surface area (Å²) in [6.45, 7) is 1.94. The van der Waals surface area contributed by atoms with Gasteiger partial charge in [0.25, 0.3) is 0 Å². The first kappa shape index (κ1) is 20.6. The van der Waals surface area contributed by atoms with Crippen LogP contribution in [0.5, 0.6) is 0 Å². The zero-order chi connectivity index (χ0) is 19.8. The predicted molar refractivity (Wildman–Crippen MR) is 106 cm³/mol. The first-order valence-electron chi connectivity index (χ1n) is 8.60. The van der Waals surface area contributed by atoms with Crippen molar-refractivity contribution in [3.05, 3.63) is 28.2 Å². The van der Waals surface area contributed by atoms with Crippen LogP contribution in [-0.4, -0.2) is 66.9 Å². The van der Waals surface area contributed by atoms with E-state index in [4.69, 9.17) is 4.74 Å². The molecule has 1 unspecified atom stereocenters. The van der Waals surface area contributed by atoms with Crippen LogP contribution >= 0.6 is 27.7 Å². The summed E-state index contributed by atoms with van der Waals surface area (Å²) in [6, 6.07) is 3.75. The lowest BCUT2D eigenvalue weighted by atomic mass is 10.2. The van der Waals surface area contributed by atoms with Gasteiger partial charge in [-0.05, 0) is 53.9 Å². The van der Waals surface area contributed by atoms with Gasteiger partial charge < -0.3 is 9.64 Å². The van der Waals surface area contributed by atoms with Gasteiger partial charge in [-0.2, -0.15) is 4.31 Å². The fourth-order valence-electron chi connectivity index (χ4n) is 2.91. The standard InChI is InChI=1S/C17H21BrN2O5S2/c1-3-25-17(22)11-4-7-15(13(18)8-11)27(23,24)20-10-26-9-14(20)16(21)19(2)12-5-6-12/h4,7-8,12,14H,3,5-6,9-10H2,1-2H3. The number of halogens is 1. The highest BCUT2D eigenvalue weighted by molar-refractivity contribution is 9.10. The van der Waals surface area contributed by atoms with Gasteiger partial charge in [-0.1, -0.05) is 0 Å². The number of likely N-dealkylation sites (N-methyl/N-ethyl adjacent to an activating group) is 1. The minimum Gasteiger partial charge on any atom is -0.462 e. The van der Waals surface area contributed by atoms with Crippen molar-refractivity contribution in [1.82, 2.24) is 9.21 Å². The number of hydrogen-bond donors (Lipinski definition) is 0. The second kappa shape index (κ2) is 8.10. The molecular formula is C17H21BrN2O5S2. The largest absolute Gasteiger partial charge is 0.462 e. The second-order valence-electron chi connectivity index (χ2n) is 6.45. The average molecular weight is 477 g/mol. The number of amides is 1. The predicted octanol–water partition coefficient (Wildman–Crippen LogP) is 2.31. The summed E-state index contributed by atoms with van der Waals surface area (Å²) in [6.07, 6.45) is 1.94. The molecule has 2 fully saturated rings. The van der Waals surface area contributed by atoms with E-state index in [1.54, 1.807) is 18.9 Å². The van der Waals surface area contributed by atoms with Crippen LogP contribution in [0, 0.1) is 0 Å². The molecule has 0 N–H and O–H groups in total. The lowest BCUT2D eigenvalue weighted by Gasteiger charge is -2.27. The summed E-state index contributed by atoms with van der Waals surface area (Å²) in [4.78, 5) is 26.3. The summed E-state index contributed by atoms with van der Waals surface area (Å²) in [5.41, 5.74) is 0.263. The molecule has 1 aromatic carbocycles. The molecule has 1 saturated heterocycles. The number of thioether (sulfide) groups is 1. The van der Waals surface area contributed by atoms with Crippen molar-refractivity contribution < 1.29 is 22.7 Å². The number of sulfonamides is 1. The van der Waals surface area contributed by atoms with Gasteiger partial charge in [-0.3, -0.25) is 4.79 Å². The number of nitrogens with zero attached hydrogens (tertiary/aromatic N) is 2. The quantitative estimate of drug-likeness (QED) is 0.585. The molecule has 1 aliphatic carbocycles. The van der Waals surface area contributed by atoms with E-state index >= 15 is 0 Å². The molecule has 1 saturated carbocycles. The molecule has 2 aliphatic rings. The first-order chi connectivity index (χ1) is 12.8. The molecule has 148 valence electrons. The van der Waals surface area contributed by atoms with Gasteiger partial charge >= 0.3 is 5.97 Å². The van der Waals surface area contributed by atoms with Crippen LogP contribution in [-0.2, 0) is 19.6 Å². The molecule has 1 amide bonds. The number of carbonyl (C=O) groups excluding carboxylic acids is 2. The normalized spacial score (nSPS) is 20.5. The Hall–Kier alpha value is -1.10. The van der Waals surface area contributed by atoms with Gasteiger partial charge in [-0.25, -0.2) is 13.2 Å². The van der Waals surface area contributed by atoms with E-state index in [-0.39, 0.29) is 39.4 Å². The Kier molecular flexibility index (Phi) is 6.19. The lowest BCUT2D eigenvalue weighted by molar-refractivity contribution is -0.133. The fraction of sp³-hybridized carbons (Fsp3) is 0.529. The highest BCUT2D eigenvalue weighted by Gasteiger charge is 2.44. The van der Waals surface area contributed by atoms with E-state index in [0.29, 0.717) is 5.75 Å². The molecule has 1 atom stereocenters. The Morgan fingerprint density at radius 1 is 1.37 bits per heavy atom. The van der Waals surface area contributed by atoms with E-state index in [1.165, 1.54) is 34.3 Å². The van der Waals surface area contributed by atoms with E-state index in [9.17, 15) is 18.0 Å². The average Bonchev–Trinajstić information content (AvgIpc) is 3.36. The van der Waals surface area contributed by atoms with Crippen LogP contribution in [0.3, 0.4) is 0 Å². The van der Waals surface area contributed by atoms with Gasteiger partial charge in [0.15, 0.2) is 0 Å². The molecule has 0 spiro atoms. The summed E-state index contributed by atoms with van der Waals surface area (Å²) in [7, 11) is -2.16. The molecule has 1 heterocycles. The van der Waals surface area contributed by atoms with E-state index in [1.807, 2.05) is 0 Å². The molecule has 0 bridgehead atoms. The first-order valence-corrected chi connectivity index (χ1v) is 12.0. The van der Waals surface area contributed by atoms with Gasteiger partial charge in [0.1, 0.15) is 6.04 Å². The maximum absolute atomic E-state index is 13.2. The van der Waals surface area contributed by atoms with Crippen molar-refractivity contribution in [1.29, 1.82) is 0 Å². The smallest absolute Gasteiger partial charge is 0.338 e. The molecule has 0 aromatic heterocycles. The van der Waals surface area contributed by atoms with Crippen molar-refractivity contribution >= 4 is 49.6 Å². The van der Waals surface area contributed by atoms with Crippen LogP contribution in [0.1, 0.15) is 30.1 Å². The minimum atomic E-state index is -3.89. The SMILES string of the molecule is CCOC(=O)c1ccc(S(=O)(=O)N2CSCC2C(=O)N(C)C2CC2)c(Br)c1. The number of ether oxygens (including phenoxy) is 1.